The van der Waals surface area contributed by atoms with Crippen molar-refractivity contribution in [2.24, 2.45) is 0 Å². The standard InChI is InChI=1S/C15H21ClN2O2S2/c16-13-2-1-12(22-13)14(19)17-11-15(3-9-21-10-4-15)18-5-7-20-8-6-18/h1-2H,3-11H2,(H,17,19). The second-order valence-corrected chi connectivity index (χ2v) is 8.66. The van der Waals surface area contributed by atoms with Crippen LogP contribution in [0.15, 0.2) is 12.1 Å². The molecule has 3 rings (SSSR count). The number of nitrogens with one attached hydrogen (secondary N) is 1. The normalized spacial score (nSPS) is 22.4. The number of rotatable bonds is 4. The number of amides is 1. The quantitative estimate of drug-likeness (QED) is 0.896. The molecule has 0 saturated carbocycles. The molecule has 0 bridgehead atoms. The van der Waals surface area contributed by atoms with Crippen LogP contribution in [0.2, 0.25) is 4.34 Å². The summed E-state index contributed by atoms with van der Waals surface area (Å²) in [6.45, 7) is 4.23. The molecule has 1 aromatic rings. The molecule has 1 N–H and O–H groups in total. The van der Waals surface area contributed by atoms with Crippen molar-refractivity contribution in [3.8, 4) is 0 Å². The first-order valence-corrected chi connectivity index (χ1v) is 9.99. The molecule has 122 valence electrons. The third-order valence-corrected chi connectivity index (χ3v) is 6.70. The maximum Gasteiger partial charge on any atom is 0.261 e. The van der Waals surface area contributed by atoms with E-state index >= 15 is 0 Å². The molecule has 4 nitrogen and oxygen atoms in total. The fourth-order valence-corrected chi connectivity index (χ4v) is 5.37. The average molecular weight is 361 g/mol. The van der Waals surface area contributed by atoms with Crippen LogP contribution in [0.1, 0.15) is 22.5 Å². The summed E-state index contributed by atoms with van der Waals surface area (Å²) in [5.41, 5.74) is 0.0890. The maximum absolute atomic E-state index is 12.3. The molecule has 1 amide bonds. The zero-order chi connectivity index (χ0) is 15.4. The van der Waals surface area contributed by atoms with E-state index in [9.17, 15) is 4.79 Å². The number of carbonyl (C=O) groups excluding carboxylic acids is 1. The van der Waals surface area contributed by atoms with Crippen LogP contribution in [-0.2, 0) is 4.74 Å². The van der Waals surface area contributed by atoms with Crippen molar-refractivity contribution in [2.45, 2.75) is 18.4 Å². The Balaban J connectivity index is 1.66. The first-order chi connectivity index (χ1) is 10.7. The lowest BCUT2D eigenvalue weighted by Gasteiger charge is -2.48. The highest BCUT2D eigenvalue weighted by molar-refractivity contribution is 7.99. The van der Waals surface area contributed by atoms with Gasteiger partial charge in [-0.15, -0.1) is 11.3 Å². The summed E-state index contributed by atoms with van der Waals surface area (Å²) in [5.74, 6) is 2.32. The molecule has 0 aromatic carbocycles. The van der Waals surface area contributed by atoms with Gasteiger partial charge in [0.1, 0.15) is 0 Å². The van der Waals surface area contributed by atoms with Crippen molar-refractivity contribution in [3.05, 3.63) is 21.3 Å². The molecule has 2 saturated heterocycles. The highest BCUT2D eigenvalue weighted by Crippen LogP contribution is 2.33. The highest BCUT2D eigenvalue weighted by atomic mass is 35.5. The maximum atomic E-state index is 12.3. The Morgan fingerprint density at radius 3 is 2.68 bits per heavy atom. The molecule has 0 spiro atoms. The summed E-state index contributed by atoms with van der Waals surface area (Å²) in [4.78, 5) is 15.5. The molecule has 2 fully saturated rings. The van der Waals surface area contributed by atoms with Gasteiger partial charge < -0.3 is 10.1 Å². The van der Waals surface area contributed by atoms with E-state index in [1.165, 1.54) is 11.3 Å². The molecular formula is C15H21ClN2O2S2. The van der Waals surface area contributed by atoms with Gasteiger partial charge in [0.2, 0.25) is 0 Å². The summed E-state index contributed by atoms with van der Waals surface area (Å²) in [6.07, 6.45) is 2.26. The second kappa shape index (κ2) is 7.53. The van der Waals surface area contributed by atoms with E-state index < -0.39 is 0 Å². The van der Waals surface area contributed by atoms with Gasteiger partial charge in [-0.1, -0.05) is 11.6 Å². The predicted molar refractivity (Wildman–Crippen MR) is 93.3 cm³/mol. The van der Waals surface area contributed by atoms with Crippen LogP contribution in [-0.4, -0.2) is 60.7 Å². The Morgan fingerprint density at radius 1 is 1.32 bits per heavy atom. The van der Waals surface area contributed by atoms with E-state index in [1.807, 2.05) is 11.8 Å². The van der Waals surface area contributed by atoms with Gasteiger partial charge in [0.15, 0.2) is 0 Å². The molecule has 0 unspecified atom stereocenters. The van der Waals surface area contributed by atoms with Crippen molar-refractivity contribution in [3.63, 3.8) is 0 Å². The number of nitrogens with zero attached hydrogens (tertiary/aromatic N) is 1. The average Bonchev–Trinajstić information content (AvgIpc) is 3.01. The number of thioether (sulfide) groups is 1. The number of thiophene rings is 1. The van der Waals surface area contributed by atoms with E-state index in [0.29, 0.717) is 15.8 Å². The van der Waals surface area contributed by atoms with Gasteiger partial charge in [0.25, 0.3) is 5.91 Å². The third kappa shape index (κ3) is 3.79. The van der Waals surface area contributed by atoms with Crippen LogP contribution in [0.3, 0.4) is 0 Å². The minimum absolute atomic E-state index is 0.0113. The fourth-order valence-electron chi connectivity index (χ4n) is 3.16. The minimum atomic E-state index is -0.0113. The molecule has 2 aliphatic heterocycles. The molecule has 22 heavy (non-hydrogen) atoms. The van der Waals surface area contributed by atoms with E-state index in [2.05, 4.69) is 10.2 Å². The van der Waals surface area contributed by atoms with Crippen molar-refractivity contribution >= 4 is 40.6 Å². The summed E-state index contributed by atoms with van der Waals surface area (Å²) >= 11 is 9.26. The van der Waals surface area contributed by atoms with Crippen LogP contribution < -0.4 is 5.32 Å². The van der Waals surface area contributed by atoms with E-state index in [0.717, 1.165) is 50.7 Å². The van der Waals surface area contributed by atoms with Crippen molar-refractivity contribution in [1.82, 2.24) is 10.2 Å². The number of morpholine rings is 1. The number of hydrogen-bond donors (Lipinski definition) is 1. The number of ether oxygens (including phenoxy) is 1. The largest absolute Gasteiger partial charge is 0.379 e. The lowest BCUT2D eigenvalue weighted by atomic mass is 9.89. The van der Waals surface area contributed by atoms with Gasteiger partial charge in [-0.3, -0.25) is 9.69 Å². The molecule has 2 aliphatic rings. The van der Waals surface area contributed by atoms with Crippen molar-refractivity contribution < 1.29 is 9.53 Å². The number of hydrogen-bond acceptors (Lipinski definition) is 5. The zero-order valence-electron chi connectivity index (χ0n) is 12.5. The van der Waals surface area contributed by atoms with E-state index in [4.69, 9.17) is 16.3 Å². The number of halogens is 1. The topological polar surface area (TPSA) is 41.6 Å². The van der Waals surface area contributed by atoms with Crippen molar-refractivity contribution in [2.75, 3.05) is 44.4 Å². The molecule has 0 aliphatic carbocycles. The van der Waals surface area contributed by atoms with Gasteiger partial charge in [0.05, 0.1) is 22.4 Å². The van der Waals surface area contributed by atoms with Crippen molar-refractivity contribution in [1.29, 1.82) is 0 Å². The summed E-state index contributed by atoms with van der Waals surface area (Å²) in [7, 11) is 0. The van der Waals surface area contributed by atoms with Crippen LogP contribution in [0, 0.1) is 0 Å². The van der Waals surface area contributed by atoms with Crippen LogP contribution in [0.5, 0.6) is 0 Å². The SMILES string of the molecule is O=C(NCC1(N2CCOCC2)CCSCC1)c1ccc(Cl)s1. The van der Waals surface area contributed by atoms with Gasteiger partial charge in [-0.05, 0) is 36.5 Å². The van der Waals surface area contributed by atoms with Crippen LogP contribution in [0.25, 0.3) is 0 Å². The zero-order valence-corrected chi connectivity index (χ0v) is 14.9. The lowest BCUT2D eigenvalue weighted by molar-refractivity contribution is -0.0254. The predicted octanol–water partition coefficient (Wildman–Crippen LogP) is 2.73. The van der Waals surface area contributed by atoms with E-state index in [1.54, 1.807) is 12.1 Å². The van der Waals surface area contributed by atoms with Crippen LogP contribution in [0.4, 0.5) is 0 Å². The lowest BCUT2D eigenvalue weighted by Crippen LogP contribution is -2.60. The Labute approximate surface area is 144 Å². The molecule has 1 aromatic heterocycles. The Kier molecular flexibility index (Phi) is 5.68. The first-order valence-electron chi connectivity index (χ1n) is 7.64. The monoisotopic (exact) mass is 360 g/mol. The first kappa shape index (κ1) is 16.6. The molecular weight excluding hydrogens is 340 g/mol. The number of carbonyl (C=O) groups is 1. The van der Waals surface area contributed by atoms with Gasteiger partial charge in [0, 0.05) is 25.2 Å². The Bertz CT molecular complexity index is 511. The third-order valence-electron chi connectivity index (χ3n) is 4.48. The van der Waals surface area contributed by atoms with Gasteiger partial charge in [-0.2, -0.15) is 11.8 Å². The van der Waals surface area contributed by atoms with Crippen LogP contribution >= 0.6 is 34.7 Å². The molecule has 0 atom stereocenters. The summed E-state index contributed by atoms with van der Waals surface area (Å²) in [5, 5.41) is 3.14. The Morgan fingerprint density at radius 2 is 2.05 bits per heavy atom. The summed E-state index contributed by atoms with van der Waals surface area (Å²) < 4.78 is 6.14. The molecule has 3 heterocycles. The van der Waals surface area contributed by atoms with Gasteiger partial charge in [-0.25, -0.2) is 0 Å². The smallest absolute Gasteiger partial charge is 0.261 e. The Hall–Kier alpha value is -0.270. The molecule has 0 radical (unpaired) electrons. The minimum Gasteiger partial charge on any atom is -0.379 e. The molecule has 7 heteroatoms. The van der Waals surface area contributed by atoms with E-state index in [-0.39, 0.29) is 11.4 Å². The second-order valence-electron chi connectivity index (χ2n) is 5.72. The highest BCUT2D eigenvalue weighted by Gasteiger charge is 2.39. The summed E-state index contributed by atoms with van der Waals surface area (Å²) in [6, 6.07) is 3.57. The van der Waals surface area contributed by atoms with Gasteiger partial charge >= 0.3 is 0 Å². The fraction of sp³-hybridized carbons (Fsp3) is 0.667.